The molecule has 0 amide bonds. The Bertz CT molecular complexity index is 244. The van der Waals surface area contributed by atoms with Crippen LogP contribution in [0.4, 0.5) is 0 Å². The van der Waals surface area contributed by atoms with Gasteiger partial charge in [-0.2, -0.15) is 0 Å². The lowest BCUT2D eigenvalue weighted by Crippen LogP contribution is -2.08. The SMILES string of the molecule is C=C/C(C)=C(C)/C=C\CNC(=C)C. The van der Waals surface area contributed by atoms with E-state index in [-0.39, 0.29) is 0 Å². The van der Waals surface area contributed by atoms with Gasteiger partial charge in [0, 0.05) is 12.2 Å². The van der Waals surface area contributed by atoms with E-state index in [0.29, 0.717) is 0 Å². The van der Waals surface area contributed by atoms with Gasteiger partial charge < -0.3 is 5.32 Å². The Hall–Kier alpha value is -1.24. The van der Waals surface area contributed by atoms with Gasteiger partial charge in [-0.1, -0.05) is 31.4 Å². The van der Waals surface area contributed by atoms with Gasteiger partial charge in [0.25, 0.3) is 0 Å². The zero-order valence-corrected chi connectivity index (χ0v) is 8.85. The first-order valence-corrected chi connectivity index (χ1v) is 4.43. The first-order chi connectivity index (χ1) is 6.07. The molecular formula is C12H19N. The van der Waals surface area contributed by atoms with Gasteiger partial charge in [-0.25, -0.2) is 0 Å². The maximum absolute atomic E-state index is 3.75. The standard InChI is InChI=1S/C12H19N/c1-6-11(4)12(5)8-7-9-13-10(2)3/h6-8,13H,1-2,9H2,3-5H3/b8-7-,12-11+. The van der Waals surface area contributed by atoms with Crippen LogP contribution in [0.1, 0.15) is 20.8 Å². The zero-order chi connectivity index (χ0) is 10.3. The summed E-state index contributed by atoms with van der Waals surface area (Å²) in [6.45, 7) is 14.4. The lowest BCUT2D eigenvalue weighted by atomic mass is 10.1. The van der Waals surface area contributed by atoms with Crippen molar-refractivity contribution >= 4 is 0 Å². The van der Waals surface area contributed by atoms with Crippen molar-refractivity contribution in [3.63, 3.8) is 0 Å². The van der Waals surface area contributed by atoms with E-state index in [1.807, 2.05) is 13.0 Å². The molecule has 0 aromatic carbocycles. The average molecular weight is 177 g/mol. The summed E-state index contributed by atoms with van der Waals surface area (Å²) in [6, 6.07) is 0. The molecule has 1 nitrogen and oxygen atoms in total. The van der Waals surface area contributed by atoms with Crippen LogP contribution in [0.15, 0.2) is 48.2 Å². The van der Waals surface area contributed by atoms with Gasteiger partial charge >= 0.3 is 0 Å². The lowest BCUT2D eigenvalue weighted by Gasteiger charge is -2.00. The Labute approximate surface area is 81.5 Å². The van der Waals surface area contributed by atoms with Gasteiger partial charge in [0.2, 0.25) is 0 Å². The van der Waals surface area contributed by atoms with Crippen LogP contribution in [-0.2, 0) is 0 Å². The second kappa shape index (κ2) is 6.30. The predicted molar refractivity (Wildman–Crippen MR) is 60.5 cm³/mol. The molecule has 1 N–H and O–H groups in total. The van der Waals surface area contributed by atoms with Crippen molar-refractivity contribution < 1.29 is 0 Å². The molecule has 0 fully saturated rings. The molecule has 1 heteroatoms. The minimum atomic E-state index is 0.830. The van der Waals surface area contributed by atoms with E-state index in [0.717, 1.165) is 12.2 Å². The second-order valence-corrected chi connectivity index (χ2v) is 3.13. The Balaban J connectivity index is 3.98. The van der Waals surface area contributed by atoms with Gasteiger partial charge in [-0.15, -0.1) is 0 Å². The van der Waals surface area contributed by atoms with Gasteiger partial charge in [-0.05, 0) is 31.9 Å². The van der Waals surface area contributed by atoms with E-state index in [4.69, 9.17) is 0 Å². The average Bonchev–Trinajstić information content (AvgIpc) is 2.10. The molecule has 0 saturated heterocycles. The van der Waals surface area contributed by atoms with Gasteiger partial charge in [-0.3, -0.25) is 0 Å². The summed E-state index contributed by atoms with van der Waals surface area (Å²) in [5.41, 5.74) is 3.46. The maximum atomic E-state index is 3.75. The smallest absolute Gasteiger partial charge is 0.0330 e. The minimum absolute atomic E-state index is 0.830. The molecule has 0 bridgehead atoms. The summed E-state index contributed by atoms with van der Waals surface area (Å²) in [5, 5.41) is 3.13. The van der Waals surface area contributed by atoms with Crippen molar-refractivity contribution in [3.8, 4) is 0 Å². The molecule has 0 saturated carbocycles. The third-order valence-corrected chi connectivity index (χ3v) is 1.82. The van der Waals surface area contributed by atoms with Crippen molar-refractivity contribution in [2.45, 2.75) is 20.8 Å². The summed E-state index contributed by atoms with van der Waals surface area (Å²) in [5.74, 6) is 0. The molecule has 0 aliphatic carbocycles. The summed E-state index contributed by atoms with van der Waals surface area (Å²) in [4.78, 5) is 0. The third-order valence-electron chi connectivity index (χ3n) is 1.82. The van der Waals surface area contributed by atoms with Crippen LogP contribution < -0.4 is 5.32 Å². The summed E-state index contributed by atoms with van der Waals surface area (Å²) >= 11 is 0. The number of allylic oxidation sites excluding steroid dienone is 5. The fourth-order valence-corrected chi connectivity index (χ4v) is 0.761. The molecule has 0 atom stereocenters. The molecule has 0 rings (SSSR count). The first kappa shape index (κ1) is 11.8. The molecule has 0 radical (unpaired) electrons. The monoisotopic (exact) mass is 177 g/mol. The highest BCUT2D eigenvalue weighted by Gasteiger charge is 1.86. The quantitative estimate of drug-likeness (QED) is 0.636. The topological polar surface area (TPSA) is 12.0 Å². The minimum Gasteiger partial charge on any atom is -0.386 e. The van der Waals surface area contributed by atoms with E-state index < -0.39 is 0 Å². The molecule has 0 aliphatic heterocycles. The third kappa shape index (κ3) is 5.97. The van der Waals surface area contributed by atoms with Crippen LogP contribution in [-0.4, -0.2) is 6.54 Å². The molecular weight excluding hydrogens is 158 g/mol. The van der Waals surface area contributed by atoms with Crippen LogP contribution in [0.25, 0.3) is 0 Å². The maximum Gasteiger partial charge on any atom is 0.0330 e. The van der Waals surface area contributed by atoms with Crippen LogP contribution in [0.2, 0.25) is 0 Å². The molecule has 0 aromatic heterocycles. The van der Waals surface area contributed by atoms with Gasteiger partial charge in [0.1, 0.15) is 0 Å². The van der Waals surface area contributed by atoms with Gasteiger partial charge in [0.15, 0.2) is 0 Å². The van der Waals surface area contributed by atoms with Crippen LogP contribution in [0.3, 0.4) is 0 Å². The lowest BCUT2D eigenvalue weighted by molar-refractivity contribution is 0.909. The van der Waals surface area contributed by atoms with E-state index in [1.54, 1.807) is 0 Å². The van der Waals surface area contributed by atoms with E-state index in [2.05, 4.69) is 44.5 Å². The molecule has 0 heterocycles. The highest BCUT2D eigenvalue weighted by Crippen LogP contribution is 2.04. The van der Waals surface area contributed by atoms with E-state index >= 15 is 0 Å². The Kier molecular flexibility index (Phi) is 5.69. The largest absolute Gasteiger partial charge is 0.386 e. The zero-order valence-electron chi connectivity index (χ0n) is 8.85. The highest BCUT2D eigenvalue weighted by atomic mass is 14.8. The number of rotatable bonds is 5. The highest BCUT2D eigenvalue weighted by molar-refractivity contribution is 5.28. The number of hydrogen-bond acceptors (Lipinski definition) is 1. The van der Waals surface area contributed by atoms with Crippen molar-refractivity contribution in [1.29, 1.82) is 0 Å². The molecule has 0 unspecified atom stereocenters. The van der Waals surface area contributed by atoms with Crippen molar-refractivity contribution in [2.24, 2.45) is 0 Å². The van der Waals surface area contributed by atoms with E-state index in [1.165, 1.54) is 11.1 Å². The fourth-order valence-electron chi connectivity index (χ4n) is 0.761. The predicted octanol–water partition coefficient (Wildman–Crippen LogP) is 3.19. The van der Waals surface area contributed by atoms with Crippen molar-refractivity contribution in [1.82, 2.24) is 5.32 Å². The number of hydrogen-bond donors (Lipinski definition) is 1. The number of nitrogens with one attached hydrogen (secondary N) is 1. The van der Waals surface area contributed by atoms with Crippen LogP contribution in [0.5, 0.6) is 0 Å². The van der Waals surface area contributed by atoms with Crippen LogP contribution >= 0.6 is 0 Å². The summed E-state index contributed by atoms with van der Waals surface area (Å²) in [7, 11) is 0. The van der Waals surface area contributed by atoms with E-state index in [9.17, 15) is 0 Å². The molecule has 0 spiro atoms. The Morgan fingerprint density at radius 1 is 1.23 bits per heavy atom. The molecule has 0 aliphatic rings. The second-order valence-electron chi connectivity index (χ2n) is 3.13. The van der Waals surface area contributed by atoms with Crippen molar-refractivity contribution in [2.75, 3.05) is 6.54 Å². The first-order valence-electron chi connectivity index (χ1n) is 4.43. The molecule has 13 heavy (non-hydrogen) atoms. The Morgan fingerprint density at radius 2 is 1.85 bits per heavy atom. The Morgan fingerprint density at radius 3 is 2.31 bits per heavy atom. The fraction of sp³-hybridized carbons (Fsp3) is 0.333. The van der Waals surface area contributed by atoms with Crippen LogP contribution in [0, 0.1) is 0 Å². The van der Waals surface area contributed by atoms with Gasteiger partial charge in [0.05, 0.1) is 0 Å². The van der Waals surface area contributed by atoms with Crippen molar-refractivity contribution in [3.05, 3.63) is 48.2 Å². The normalized spacial score (nSPS) is 12.5. The summed E-state index contributed by atoms with van der Waals surface area (Å²) in [6.07, 6.45) is 6.04. The molecule has 0 aromatic rings. The molecule has 72 valence electrons. The summed E-state index contributed by atoms with van der Waals surface area (Å²) < 4.78 is 0.